The number of carbonyl (C=O) groups is 2. The molecule has 8 nitrogen and oxygen atoms in total. The molecule has 8 heteroatoms. The van der Waals surface area contributed by atoms with Crippen molar-refractivity contribution in [1.29, 1.82) is 0 Å². The smallest absolute Gasteiger partial charge is 0.295 e. The lowest BCUT2D eigenvalue weighted by Crippen LogP contribution is -2.48. The Bertz CT molecular complexity index is 1030. The van der Waals surface area contributed by atoms with Crippen molar-refractivity contribution in [2.24, 2.45) is 13.0 Å². The molecule has 0 saturated carbocycles. The highest BCUT2D eigenvalue weighted by Crippen LogP contribution is 2.24. The lowest BCUT2D eigenvalue weighted by molar-refractivity contribution is -0.136. The number of aromatic nitrogens is 2. The molecular formula is C24H33N5O3. The van der Waals surface area contributed by atoms with Gasteiger partial charge in [0.1, 0.15) is 5.69 Å². The maximum atomic E-state index is 13.1. The fourth-order valence-electron chi connectivity index (χ4n) is 4.84. The molecule has 2 aliphatic heterocycles. The zero-order valence-corrected chi connectivity index (χ0v) is 19.2. The van der Waals surface area contributed by atoms with E-state index in [1.807, 2.05) is 56.1 Å². The molecule has 172 valence electrons. The van der Waals surface area contributed by atoms with Crippen LogP contribution in [0.5, 0.6) is 0 Å². The Labute approximate surface area is 188 Å². The molecule has 2 fully saturated rings. The lowest BCUT2D eigenvalue weighted by Gasteiger charge is -2.35. The molecule has 0 radical (unpaired) electrons. The molecule has 1 aromatic heterocycles. The van der Waals surface area contributed by atoms with Crippen LogP contribution in [0.3, 0.4) is 0 Å². The van der Waals surface area contributed by atoms with Crippen LogP contribution in [-0.2, 0) is 16.6 Å². The van der Waals surface area contributed by atoms with Crippen LogP contribution in [0.2, 0.25) is 0 Å². The molecule has 3 heterocycles. The molecule has 2 saturated heterocycles. The Balaban J connectivity index is 1.40. The third-order valence-corrected chi connectivity index (χ3v) is 7.03. The monoisotopic (exact) mass is 439 g/mol. The SMILES string of the molecule is Cc1c(NC(=O)C(C)N2CCC(C(=O)N3CCCC3)CC2)c(=O)n(-c2ccccc2)n1C. The van der Waals surface area contributed by atoms with E-state index in [0.717, 1.165) is 44.5 Å². The highest BCUT2D eigenvalue weighted by Gasteiger charge is 2.33. The molecule has 0 aliphatic carbocycles. The fraction of sp³-hybridized carbons (Fsp3) is 0.542. The van der Waals surface area contributed by atoms with Gasteiger partial charge in [-0.05, 0) is 64.8 Å². The topological polar surface area (TPSA) is 79.6 Å². The number of anilines is 1. The van der Waals surface area contributed by atoms with Crippen LogP contribution in [0.4, 0.5) is 5.69 Å². The summed E-state index contributed by atoms with van der Waals surface area (Å²) in [5.74, 6) is 0.148. The lowest BCUT2D eigenvalue weighted by atomic mass is 9.94. The van der Waals surface area contributed by atoms with Gasteiger partial charge in [0, 0.05) is 26.1 Å². The van der Waals surface area contributed by atoms with Crippen molar-refractivity contribution < 1.29 is 9.59 Å². The van der Waals surface area contributed by atoms with Gasteiger partial charge < -0.3 is 10.2 Å². The quantitative estimate of drug-likeness (QED) is 0.774. The van der Waals surface area contributed by atoms with Crippen molar-refractivity contribution in [3.63, 3.8) is 0 Å². The van der Waals surface area contributed by atoms with Gasteiger partial charge >= 0.3 is 0 Å². The predicted molar refractivity (Wildman–Crippen MR) is 124 cm³/mol. The summed E-state index contributed by atoms with van der Waals surface area (Å²) in [4.78, 5) is 42.8. The van der Waals surface area contributed by atoms with Gasteiger partial charge in [0.25, 0.3) is 5.56 Å². The highest BCUT2D eigenvalue weighted by atomic mass is 16.2. The number of hydrogen-bond donors (Lipinski definition) is 1. The Kier molecular flexibility index (Phi) is 6.50. The maximum absolute atomic E-state index is 13.1. The van der Waals surface area contributed by atoms with E-state index in [9.17, 15) is 14.4 Å². The molecule has 32 heavy (non-hydrogen) atoms. The number of likely N-dealkylation sites (tertiary alicyclic amines) is 2. The van der Waals surface area contributed by atoms with Crippen molar-refractivity contribution >= 4 is 17.5 Å². The van der Waals surface area contributed by atoms with Crippen LogP contribution in [-0.4, -0.2) is 63.2 Å². The van der Waals surface area contributed by atoms with E-state index >= 15 is 0 Å². The molecule has 1 atom stereocenters. The minimum Gasteiger partial charge on any atom is -0.342 e. The van der Waals surface area contributed by atoms with Crippen LogP contribution in [0.25, 0.3) is 5.69 Å². The zero-order chi connectivity index (χ0) is 22.8. The van der Waals surface area contributed by atoms with E-state index in [-0.39, 0.29) is 29.3 Å². The average molecular weight is 440 g/mol. The second kappa shape index (κ2) is 9.32. The van der Waals surface area contributed by atoms with E-state index in [4.69, 9.17) is 0 Å². The van der Waals surface area contributed by atoms with Crippen LogP contribution >= 0.6 is 0 Å². The number of carbonyl (C=O) groups excluding carboxylic acids is 2. The summed E-state index contributed by atoms with van der Waals surface area (Å²) >= 11 is 0. The fourth-order valence-corrected chi connectivity index (χ4v) is 4.84. The summed E-state index contributed by atoms with van der Waals surface area (Å²) in [6, 6.07) is 9.01. The van der Waals surface area contributed by atoms with E-state index in [1.165, 1.54) is 0 Å². The molecule has 0 bridgehead atoms. The summed E-state index contributed by atoms with van der Waals surface area (Å²) in [6.45, 7) is 6.88. The largest absolute Gasteiger partial charge is 0.342 e. The first-order chi connectivity index (χ1) is 15.4. The van der Waals surface area contributed by atoms with Crippen molar-refractivity contribution in [3.05, 3.63) is 46.4 Å². The van der Waals surface area contributed by atoms with Gasteiger partial charge in [-0.3, -0.25) is 24.0 Å². The third kappa shape index (κ3) is 4.24. The van der Waals surface area contributed by atoms with Crippen molar-refractivity contribution in [3.8, 4) is 5.69 Å². The summed E-state index contributed by atoms with van der Waals surface area (Å²) in [5.41, 5.74) is 1.52. The Morgan fingerprint density at radius 3 is 2.28 bits per heavy atom. The molecule has 2 amide bonds. The number of piperidine rings is 1. The Hall–Kier alpha value is -2.87. The molecule has 1 unspecified atom stereocenters. The number of benzene rings is 1. The van der Waals surface area contributed by atoms with E-state index in [1.54, 1.807) is 9.36 Å². The summed E-state index contributed by atoms with van der Waals surface area (Å²) < 4.78 is 3.32. The van der Waals surface area contributed by atoms with Crippen LogP contribution < -0.4 is 10.9 Å². The first kappa shape index (κ1) is 22.3. The molecule has 4 rings (SSSR count). The van der Waals surface area contributed by atoms with E-state index in [2.05, 4.69) is 10.2 Å². The predicted octanol–water partition coefficient (Wildman–Crippen LogP) is 2.15. The standard InChI is InChI=1S/C24H33N5O3/c1-17-21(24(32)29(26(17)3)20-9-5-4-6-10-20)25-22(30)18(2)27-15-11-19(12-16-27)23(31)28-13-7-8-14-28/h4-6,9-10,18-19H,7-8,11-16H2,1-3H3,(H,25,30). The number of para-hydroxylation sites is 1. The van der Waals surface area contributed by atoms with Crippen molar-refractivity contribution in [1.82, 2.24) is 19.2 Å². The number of hydrogen-bond acceptors (Lipinski definition) is 4. The number of amides is 2. The van der Waals surface area contributed by atoms with E-state index in [0.29, 0.717) is 24.5 Å². The minimum absolute atomic E-state index is 0.0639. The Morgan fingerprint density at radius 2 is 1.66 bits per heavy atom. The van der Waals surface area contributed by atoms with Crippen molar-refractivity contribution in [2.45, 2.75) is 45.6 Å². The zero-order valence-electron chi connectivity index (χ0n) is 19.2. The third-order valence-electron chi connectivity index (χ3n) is 7.03. The van der Waals surface area contributed by atoms with Gasteiger partial charge in [0.05, 0.1) is 17.4 Å². The molecule has 0 spiro atoms. The van der Waals surface area contributed by atoms with Crippen LogP contribution in [0.15, 0.2) is 35.1 Å². The first-order valence-electron chi connectivity index (χ1n) is 11.6. The molecule has 2 aliphatic rings. The van der Waals surface area contributed by atoms with Crippen LogP contribution in [0, 0.1) is 12.8 Å². The van der Waals surface area contributed by atoms with E-state index < -0.39 is 0 Å². The van der Waals surface area contributed by atoms with Gasteiger partial charge in [-0.15, -0.1) is 0 Å². The minimum atomic E-state index is -0.373. The van der Waals surface area contributed by atoms with Gasteiger partial charge in [-0.1, -0.05) is 18.2 Å². The van der Waals surface area contributed by atoms with Crippen LogP contribution in [0.1, 0.15) is 38.3 Å². The molecule has 1 aromatic carbocycles. The van der Waals surface area contributed by atoms with Crippen molar-refractivity contribution in [2.75, 3.05) is 31.5 Å². The molecule has 2 aromatic rings. The van der Waals surface area contributed by atoms with Gasteiger partial charge in [-0.25, -0.2) is 4.68 Å². The second-order valence-electron chi connectivity index (χ2n) is 8.94. The summed E-state index contributed by atoms with van der Waals surface area (Å²) in [7, 11) is 1.81. The summed E-state index contributed by atoms with van der Waals surface area (Å²) in [6.07, 6.45) is 3.76. The second-order valence-corrected chi connectivity index (χ2v) is 8.94. The summed E-state index contributed by atoms with van der Waals surface area (Å²) in [5, 5.41) is 2.88. The Morgan fingerprint density at radius 1 is 1.03 bits per heavy atom. The first-order valence-corrected chi connectivity index (χ1v) is 11.6. The highest BCUT2D eigenvalue weighted by molar-refractivity contribution is 5.95. The maximum Gasteiger partial charge on any atom is 0.295 e. The van der Waals surface area contributed by atoms with Gasteiger partial charge in [-0.2, -0.15) is 0 Å². The normalized spacial score (nSPS) is 18.7. The number of nitrogens with one attached hydrogen (secondary N) is 1. The molecule has 1 N–H and O–H groups in total. The number of nitrogens with zero attached hydrogens (tertiary/aromatic N) is 4. The average Bonchev–Trinajstić information content (AvgIpc) is 3.42. The number of rotatable bonds is 5. The van der Waals surface area contributed by atoms with Gasteiger partial charge in [0.15, 0.2) is 0 Å². The van der Waals surface area contributed by atoms with Gasteiger partial charge in [0.2, 0.25) is 11.8 Å². The molecular weight excluding hydrogens is 406 g/mol.